The molecule has 4 bridgehead atoms. The predicted octanol–water partition coefficient (Wildman–Crippen LogP) is 1.41. The van der Waals surface area contributed by atoms with Crippen molar-refractivity contribution in [3.8, 4) is 0 Å². The van der Waals surface area contributed by atoms with Gasteiger partial charge in [-0.15, -0.1) is 6.58 Å². The van der Waals surface area contributed by atoms with Crippen LogP contribution in [-0.4, -0.2) is 65.3 Å². The van der Waals surface area contributed by atoms with E-state index in [2.05, 4.69) is 11.9 Å². The molecule has 5 heterocycles. The summed E-state index contributed by atoms with van der Waals surface area (Å²) in [6.45, 7) is 5.54. The zero-order valence-electron chi connectivity index (χ0n) is 18.2. The molecule has 1 aromatic carbocycles. The summed E-state index contributed by atoms with van der Waals surface area (Å²) in [4.78, 5) is 58.6. The summed E-state index contributed by atoms with van der Waals surface area (Å²) in [5.74, 6) is -2.47. The van der Waals surface area contributed by atoms with Crippen molar-refractivity contribution in [3.05, 3.63) is 55.1 Å². The van der Waals surface area contributed by atoms with Crippen LogP contribution in [0.1, 0.15) is 6.42 Å². The van der Waals surface area contributed by atoms with E-state index >= 15 is 0 Å². The van der Waals surface area contributed by atoms with Gasteiger partial charge in [-0.05, 0) is 24.5 Å². The lowest BCUT2D eigenvalue weighted by atomic mass is 9.54. The number of para-hydroxylation sites is 1. The SMILES string of the molecule is C=CCNC(=O)N1C[C@H]2C[C@H](C1)[C@]13C=C[C@H](C(=O)N1C2)[C@H]1C(=O)N(c2ccccc2)C(=O)[C@H]13. The van der Waals surface area contributed by atoms with Crippen LogP contribution in [0, 0.1) is 29.6 Å². The van der Waals surface area contributed by atoms with Gasteiger partial charge < -0.3 is 15.1 Å². The molecule has 6 aliphatic rings. The summed E-state index contributed by atoms with van der Waals surface area (Å²) >= 11 is 0. The number of imide groups is 1. The number of benzene rings is 1. The minimum atomic E-state index is -0.874. The Morgan fingerprint density at radius 1 is 1.09 bits per heavy atom. The van der Waals surface area contributed by atoms with Crippen LogP contribution in [0.2, 0.25) is 0 Å². The van der Waals surface area contributed by atoms with Gasteiger partial charge in [0.15, 0.2) is 0 Å². The molecule has 8 heteroatoms. The fourth-order valence-electron chi connectivity index (χ4n) is 6.94. The third-order valence-electron chi connectivity index (χ3n) is 8.16. The number of hydrogen-bond donors (Lipinski definition) is 1. The van der Waals surface area contributed by atoms with Crippen LogP contribution in [0.5, 0.6) is 0 Å². The summed E-state index contributed by atoms with van der Waals surface area (Å²) in [5.41, 5.74) is -0.333. The second-order valence-corrected chi connectivity index (χ2v) is 9.75. The van der Waals surface area contributed by atoms with E-state index < -0.39 is 23.3 Å². The molecule has 170 valence electrons. The zero-order valence-corrected chi connectivity index (χ0v) is 18.2. The molecular formula is C25H26N4O4. The lowest BCUT2D eigenvalue weighted by Gasteiger charge is -2.64. The Kier molecular flexibility index (Phi) is 4.31. The lowest BCUT2D eigenvalue weighted by Crippen LogP contribution is -2.76. The Hall–Kier alpha value is -3.42. The molecule has 4 fully saturated rings. The molecule has 1 aliphatic carbocycles. The number of amides is 5. The molecule has 0 radical (unpaired) electrons. The van der Waals surface area contributed by atoms with Crippen molar-refractivity contribution in [1.29, 1.82) is 0 Å². The summed E-state index contributed by atoms with van der Waals surface area (Å²) < 4.78 is 0. The van der Waals surface area contributed by atoms with E-state index in [0.29, 0.717) is 31.9 Å². The molecular weight excluding hydrogens is 420 g/mol. The van der Waals surface area contributed by atoms with Gasteiger partial charge in [0.2, 0.25) is 17.7 Å². The fraction of sp³-hybridized carbons (Fsp3) is 0.440. The first-order valence-electron chi connectivity index (χ1n) is 11.5. The van der Waals surface area contributed by atoms with Gasteiger partial charge >= 0.3 is 6.03 Å². The number of urea groups is 1. The van der Waals surface area contributed by atoms with Gasteiger partial charge in [-0.2, -0.15) is 0 Å². The van der Waals surface area contributed by atoms with Gasteiger partial charge in [0.25, 0.3) is 0 Å². The number of nitrogens with one attached hydrogen (secondary N) is 1. The lowest BCUT2D eigenvalue weighted by molar-refractivity contribution is -0.175. The monoisotopic (exact) mass is 446 g/mol. The number of anilines is 1. The Morgan fingerprint density at radius 3 is 2.64 bits per heavy atom. The highest BCUT2D eigenvalue weighted by molar-refractivity contribution is 6.24. The molecule has 6 atom stereocenters. The average molecular weight is 447 g/mol. The number of likely N-dealkylation sites (tertiary alicyclic amines) is 1. The summed E-state index contributed by atoms with van der Waals surface area (Å²) in [5, 5.41) is 2.84. The first-order chi connectivity index (χ1) is 16.0. The van der Waals surface area contributed by atoms with Crippen LogP contribution in [0.15, 0.2) is 55.1 Å². The van der Waals surface area contributed by atoms with E-state index in [1.165, 1.54) is 4.90 Å². The van der Waals surface area contributed by atoms with Gasteiger partial charge in [-0.1, -0.05) is 36.4 Å². The summed E-state index contributed by atoms with van der Waals surface area (Å²) in [6, 6.07) is 8.78. The van der Waals surface area contributed by atoms with Gasteiger partial charge in [-0.3, -0.25) is 14.4 Å². The minimum Gasteiger partial charge on any atom is -0.335 e. The second kappa shape index (κ2) is 7.04. The fourth-order valence-corrected chi connectivity index (χ4v) is 6.94. The molecule has 1 N–H and O–H groups in total. The van der Waals surface area contributed by atoms with E-state index in [9.17, 15) is 19.2 Å². The maximum Gasteiger partial charge on any atom is 0.317 e. The van der Waals surface area contributed by atoms with Crippen LogP contribution in [0.25, 0.3) is 0 Å². The van der Waals surface area contributed by atoms with Crippen molar-refractivity contribution in [2.75, 3.05) is 31.1 Å². The average Bonchev–Trinajstić information content (AvgIpc) is 3.11. The van der Waals surface area contributed by atoms with Crippen LogP contribution in [-0.2, 0) is 14.4 Å². The number of hydrogen-bond acceptors (Lipinski definition) is 4. The molecule has 7 rings (SSSR count). The first kappa shape index (κ1) is 20.2. The third-order valence-corrected chi connectivity index (χ3v) is 8.16. The molecule has 5 aliphatic heterocycles. The predicted molar refractivity (Wildman–Crippen MR) is 120 cm³/mol. The number of nitrogens with zero attached hydrogens (tertiary/aromatic N) is 3. The van der Waals surface area contributed by atoms with Crippen LogP contribution < -0.4 is 10.2 Å². The topological polar surface area (TPSA) is 90.0 Å². The van der Waals surface area contributed by atoms with Crippen molar-refractivity contribution in [1.82, 2.24) is 15.1 Å². The van der Waals surface area contributed by atoms with Crippen molar-refractivity contribution in [3.63, 3.8) is 0 Å². The molecule has 4 saturated heterocycles. The maximum absolute atomic E-state index is 13.8. The van der Waals surface area contributed by atoms with E-state index in [0.717, 1.165) is 6.42 Å². The highest BCUT2D eigenvalue weighted by Gasteiger charge is 2.72. The largest absolute Gasteiger partial charge is 0.335 e. The van der Waals surface area contributed by atoms with Gasteiger partial charge in [-0.25, -0.2) is 9.69 Å². The van der Waals surface area contributed by atoms with Crippen molar-refractivity contribution < 1.29 is 19.2 Å². The number of carbonyl (C=O) groups is 4. The summed E-state index contributed by atoms with van der Waals surface area (Å²) in [6.07, 6.45) is 6.31. The van der Waals surface area contributed by atoms with Crippen LogP contribution in [0.3, 0.4) is 0 Å². The Morgan fingerprint density at radius 2 is 1.88 bits per heavy atom. The van der Waals surface area contributed by atoms with Crippen LogP contribution >= 0.6 is 0 Å². The molecule has 0 unspecified atom stereocenters. The second-order valence-electron chi connectivity index (χ2n) is 9.75. The molecule has 0 saturated carbocycles. The number of carbonyl (C=O) groups excluding carboxylic acids is 4. The quantitative estimate of drug-likeness (QED) is 0.562. The maximum atomic E-state index is 13.8. The highest BCUT2D eigenvalue weighted by atomic mass is 16.2. The highest BCUT2D eigenvalue weighted by Crippen LogP contribution is 2.58. The van der Waals surface area contributed by atoms with Crippen LogP contribution in [0.4, 0.5) is 10.5 Å². The Balaban J connectivity index is 1.41. The number of rotatable bonds is 3. The standard InChI is InChI=1S/C25H26N4O4/c1-2-10-26-24(33)27-12-15-11-16(14-27)25-9-8-18(21(30)28(25)13-15)19-20(25)23(32)29(22(19)31)17-6-4-3-5-7-17/h2-9,15-16,18-20H,1,10-14H2,(H,26,33)/t15-,16-,18+,19-,20+,25+/m1/s1. The van der Waals surface area contributed by atoms with Crippen molar-refractivity contribution in [2.45, 2.75) is 12.0 Å². The zero-order chi connectivity index (χ0) is 22.9. The molecule has 0 aromatic heterocycles. The first-order valence-corrected chi connectivity index (χ1v) is 11.5. The van der Waals surface area contributed by atoms with Gasteiger partial charge in [0.05, 0.1) is 29.0 Å². The number of fused-ring (bicyclic) bond motifs is 2. The minimum absolute atomic E-state index is 0.0610. The van der Waals surface area contributed by atoms with E-state index in [1.54, 1.807) is 35.2 Å². The normalized spacial score (nSPS) is 36.1. The molecule has 1 aromatic rings. The third kappa shape index (κ3) is 2.57. The Bertz CT molecular complexity index is 1100. The van der Waals surface area contributed by atoms with Crippen molar-refractivity contribution >= 4 is 29.4 Å². The van der Waals surface area contributed by atoms with Crippen molar-refractivity contribution in [2.24, 2.45) is 29.6 Å². The molecule has 1 spiro atoms. The Labute approximate surface area is 191 Å². The van der Waals surface area contributed by atoms with E-state index in [4.69, 9.17) is 0 Å². The molecule has 8 nitrogen and oxygen atoms in total. The molecule has 33 heavy (non-hydrogen) atoms. The summed E-state index contributed by atoms with van der Waals surface area (Å²) in [7, 11) is 0. The van der Waals surface area contributed by atoms with E-state index in [1.807, 2.05) is 23.1 Å². The van der Waals surface area contributed by atoms with E-state index in [-0.39, 0.29) is 35.6 Å². The molecule has 5 amide bonds. The van der Waals surface area contributed by atoms with Gasteiger partial charge in [0, 0.05) is 32.1 Å². The smallest absolute Gasteiger partial charge is 0.317 e. The number of piperidine rings is 3. The van der Waals surface area contributed by atoms with Gasteiger partial charge in [0.1, 0.15) is 0 Å².